The first-order valence-corrected chi connectivity index (χ1v) is 15.2. The molecular weight excluding hydrogens is 684 g/mol. The summed E-state index contributed by atoms with van der Waals surface area (Å²) in [6, 6.07) is 20.3. The molecule has 6 rings (SSSR count). The van der Waals surface area contributed by atoms with Crippen LogP contribution in [0.3, 0.4) is 0 Å². The molecule has 0 aliphatic heterocycles. The molecule has 6 aromatic rings. The van der Waals surface area contributed by atoms with Crippen molar-refractivity contribution in [1.29, 1.82) is 0 Å². The maximum absolute atomic E-state index is 11.3. The van der Waals surface area contributed by atoms with Gasteiger partial charge in [0, 0.05) is 17.0 Å². The van der Waals surface area contributed by atoms with E-state index in [4.69, 9.17) is 0 Å². The zero-order valence-corrected chi connectivity index (χ0v) is 31.0. The van der Waals surface area contributed by atoms with E-state index in [2.05, 4.69) is 39.9 Å². The third kappa shape index (κ3) is 7.94. The number of aryl methyl sites for hydroxylation is 1. The topological polar surface area (TPSA) is 219 Å². The largest absolute Gasteiger partial charge is 1.00 e. The summed E-state index contributed by atoms with van der Waals surface area (Å²) < 4.78 is 39.3. The van der Waals surface area contributed by atoms with Gasteiger partial charge < -0.3 is 20.0 Å². The number of nitrogens with zero attached hydrogens (tertiary/aromatic N) is 7. The van der Waals surface area contributed by atoms with Crippen molar-refractivity contribution in [2.75, 3.05) is 0 Å². The molecule has 0 aliphatic carbocycles. The van der Waals surface area contributed by atoms with Gasteiger partial charge in [-0.1, -0.05) is 24.3 Å². The second-order valence-electron chi connectivity index (χ2n) is 9.57. The first-order chi connectivity index (χ1) is 22.1. The Balaban J connectivity index is 0.00000260. The summed E-state index contributed by atoms with van der Waals surface area (Å²) >= 11 is 0.544. The molecule has 19 heteroatoms. The van der Waals surface area contributed by atoms with Crippen molar-refractivity contribution in [3.63, 3.8) is 0 Å². The fourth-order valence-corrected chi connectivity index (χ4v) is 5.50. The van der Waals surface area contributed by atoms with E-state index in [1.54, 1.807) is 49.5 Å². The Morgan fingerprint density at radius 2 is 1.60 bits per heavy atom. The number of benzene rings is 4. The number of azo groups is 2. The van der Waals surface area contributed by atoms with Crippen molar-refractivity contribution in [2.24, 2.45) is 20.5 Å². The molecule has 232 valence electrons. The normalized spacial score (nSPS) is 11.7. The number of phenolic OH excluding ortho intramolecular Hbond substituents is 1. The van der Waals surface area contributed by atoms with E-state index < -0.39 is 15.0 Å². The van der Waals surface area contributed by atoms with Crippen LogP contribution < -0.4 is 64.4 Å². The molecule has 2 heterocycles. The monoisotopic (exact) mass is 703 g/mol. The number of aromatic hydroxyl groups is 2. The molecule has 0 saturated heterocycles. The molecule has 15 nitrogen and oxygen atoms in total. The van der Waals surface area contributed by atoms with Gasteiger partial charge >= 0.3 is 59.1 Å². The maximum atomic E-state index is 11.3. The average Bonchev–Trinajstić information content (AvgIpc) is 3.34. The number of phenols is 1. The molecule has 0 atom stereocenters. The van der Waals surface area contributed by atoms with Crippen LogP contribution in [-0.2, 0) is 19.5 Å². The minimum absolute atomic E-state index is 0. The Bertz CT molecular complexity index is 2280. The minimum Gasteiger partial charge on any atom is -0.744 e. The smallest absolute Gasteiger partial charge is 0.744 e. The summed E-state index contributed by atoms with van der Waals surface area (Å²) in [4.78, 5) is 4.16. The standard InChI is InChI=1S/C29H21N7O8S2.2Na/c1-16-25(29(38)36(35-16)20-9-11-21(12-10-20)46(40,41)42)33-31-19-8-7-18-14-24(45-44-43-39)27(28(37)22(18)15-19)34-32-23-6-2-4-17-5-3-13-30-26(17)23;;/h2-15,37-39H,1H3,(H,40,41,42);;/q;2*+1/p-2. The molecule has 2 N–H and O–H groups in total. The average molecular weight is 704 g/mol. The number of pyridine rings is 1. The van der Waals surface area contributed by atoms with Crippen LogP contribution in [0.15, 0.2) is 115 Å². The quantitative estimate of drug-likeness (QED) is 0.0520. The predicted octanol–water partition coefficient (Wildman–Crippen LogP) is 0.267. The summed E-state index contributed by atoms with van der Waals surface area (Å²) in [5.41, 5.74) is 1.94. The SMILES string of the molecule is Cc1nn(-c2ccc(S(=O)(=O)[O-])cc2)c(O)c1N=Nc1ccc2cc(SOO[O-])c(N=Nc3cccc4cccnc34)c(O)c2c1.[Na+].[Na+]. The Morgan fingerprint density at radius 3 is 2.33 bits per heavy atom. The number of aromatic nitrogens is 3. The number of hydrogen-bond acceptors (Lipinski definition) is 15. The summed E-state index contributed by atoms with van der Waals surface area (Å²) in [5, 5.41) is 58.9. The van der Waals surface area contributed by atoms with Gasteiger partial charge in [-0.3, -0.25) is 10.0 Å². The van der Waals surface area contributed by atoms with Crippen molar-refractivity contribution in [3.8, 4) is 17.3 Å². The number of hydrogen-bond donors (Lipinski definition) is 2. The Morgan fingerprint density at radius 1 is 0.875 bits per heavy atom. The van der Waals surface area contributed by atoms with Gasteiger partial charge in [-0.2, -0.15) is 19.2 Å². The van der Waals surface area contributed by atoms with Crippen LogP contribution in [0, 0.1) is 6.92 Å². The van der Waals surface area contributed by atoms with Crippen LogP contribution in [-0.4, -0.2) is 37.9 Å². The van der Waals surface area contributed by atoms with E-state index >= 15 is 0 Å². The van der Waals surface area contributed by atoms with Crippen molar-refractivity contribution in [2.45, 2.75) is 16.7 Å². The van der Waals surface area contributed by atoms with E-state index in [1.807, 2.05) is 12.1 Å². The summed E-state index contributed by atoms with van der Waals surface area (Å²) in [6.45, 7) is 1.59. The zero-order chi connectivity index (χ0) is 32.4. The Hall–Kier alpha value is -3.30. The number of rotatable bonds is 9. The minimum atomic E-state index is -4.64. The van der Waals surface area contributed by atoms with Crippen molar-refractivity contribution in [1.82, 2.24) is 14.8 Å². The molecule has 0 fully saturated rings. The van der Waals surface area contributed by atoms with Gasteiger partial charge in [-0.05, 0) is 66.9 Å². The fourth-order valence-electron chi connectivity index (χ4n) is 4.54. The first kappa shape index (κ1) is 37.5. The third-order valence-corrected chi connectivity index (χ3v) is 8.16. The van der Waals surface area contributed by atoms with Gasteiger partial charge in [-0.15, -0.1) is 15.3 Å². The zero-order valence-electron chi connectivity index (χ0n) is 25.4. The molecule has 0 bridgehead atoms. The summed E-state index contributed by atoms with van der Waals surface area (Å²) in [6.07, 6.45) is 1.62. The molecule has 4 aromatic carbocycles. The second-order valence-corrected chi connectivity index (χ2v) is 11.7. The van der Waals surface area contributed by atoms with E-state index in [9.17, 15) is 28.4 Å². The molecule has 2 aromatic heterocycles. The van der Waals surface area contributed by atoms with Crippen LogP contribution in [0.2, 0.25) is 0 Å². The van der Waals surface area contributed by atoms with Gasteiger partial charge in [0.15, 0.2) is 11.4 Å². The van der Waals surface area contributed by atoms with Crippen LogP contribution in [0.5, 0.6) is 11.6 Å². The fraction of sp³-hybridized carbons (Fsp3) is 0.0345. The van der Waals surface area contributed by atoms with Gasteiger partial charge in [0.2, 0.25) is 5.88 Å². The van der Waals surface area contributed by atoms with Gasteiger partial charge in [0.25, 0.3) is 0 Å². The van der Waals surface area contributed by atoms with Crippen molar-refractivity contribution >= 4 is 66.6 Å². The van der Waals surface area contributed by atoms with Crippen LogP contribution >= 0.6 is 12.0 Å². The number of para-hydroxylation sites is 1. The Kier molecular flexibility index (Phi) is 12.5. The molecule has 0 saturated carbocycles. The third-order valence-electron chi connectivity index (χ3n) is 6.70. The first-order valence-electron chi connectivity index (χ1n) is 13.1. The van der Waals surface area contributed by atoms with Gasteiger partial charge in [0.05, 0.1) is 44.4 Å². The Labute approximate surface area is 320 Å². The van der Waals surface area contributed by atoms with E-state index in [0.717, 1.165) is 22.2 Å². The van der Waals surface area contributed by atoms with Crippen molar-refractivity contribution in [3.05, 3.63) is 90.8 Å². The summed E-state index contributed by atoms with van der Waals surface area (Å²) in [5.74, 6) is -0.672. The molecule has 0 spiro atoms. The summed E-state index contributed by atoms with van der Waals surface area (Å²) in [7, 11) is -4.64. The van der Waals surface area contributed by atoms with Crippen LogP contribution in [0.4, 0.5) is 22.7 Å². The van der Waals surface area contributed by atoms with E-state index in [1.165, 1.54) is 18.2 Å². The molecule has 48 heavy (non-hydrogen) atoms. The van der Waals surface area contributed by atoms with E-state index in [0.29, 0.717) is 45.4 Å². The van der Waals surface area contributed by atoms with Crippen LogP contribution in [0.1, 0.15) is 5.69 Å². The molecule has 0 radical (unpaired) electrons. The second kappa shape index (κ2) is 15.9. The molecule has 0 unspecified atom stereocenters. The molecule has 0 amide bonds. The van der Waals surface area contributed by atoms with Gasteiger partial charge in [0.1, 0.15) is 21.5 Å². The van der Waals surface area contributed by atoms with Crippen LogP contribution in [0.25, 0.3) is 27.4 Å². The van der Waals surface area contributed by atoms with Crippen molar-refractivity contribution < 1.29 is 96.9 Å². The number of fused-ring (bicyclic) bond motifs is 2. The molecule has 0 aliphatic rings. The van der Waals surface area contributed by atoms with Gasteiger partial charge in [-0.25, -0.2) is 8.42 Å². The van der Waals surface area contributed by atoms with E-state index in [-0.39, 0.29) is 92.7 Å². The molecular formula is C29H19N7Na2O8S2. The maximum Gasteiger partial charge on any atom is 1.00 e. The predicted molar refractivity (Wildman–Crippen MR) is 162 cm³/mol.